The number of hydrogen-bond donors (Lipinski definition) is 0. The van der Waals surface area contributed by atoms with Crippen LogP contribution in [0.3, 0.4) is 0 Å². The molecule has 0 unspecified atom stereocenters. The van der Waals surface area contributed by atoms with Gasteiger partial charge in [-0.25, -0.2) is 0 Å². The highest BCUT2D eigenvalue weighted by molar-refractivity contribution is 6.36. The molecule has 0 radical (unpaired) electrons. The van der Waals surface area contributed by atoms with Crippen LogP contribution in [0.5, 0.6) is 0 Å². The van der Waals surface area contributed by atoms with Gasteiger partial charge in [0.15, 0.2) is 0 Å². The SMILES string of the molecule is Clc1cccc(Cl)c1CCOCCc1c(Cl)cccc1Cl. The fraction of sp³-hybridized carbons (Fsp3) is 0.250. The van der Waals surface area contributed by atoms with Crippen LogP contribution in [0.2, 0.25) is 20.1 Å². The first-order valence-electron chi connectivity index (χ1n) is 6.53. The largest absolute Gasteiger partial charge is 0.381 e. The van der Waals surface area contributed by atoms with Crippen molar-refractivity contribution < 1.29 is 4.74 Å². The van der Waals surface area contributed by atoms with Gasteiger partial charge in [-0.2, -0.15) is 0 Å². The maximum Gasteiger partial charge on any atom is 0.0507 e. The molecule has 0 aromatic heterocycles. The molecular formula is C16H14Cl4O. The van der Waals surface area contributed by atoms with E-state index in [1.807, 2.05) is 36.4 Å². The first-order chi connectivity index (χ1) is 10.1. The van der Waals surface area contributed by atoms with Gasteiger partial charge in [0.2, 0.25) is 0 Å². The number of benzene rings is 2. The van der Waals surface area contributed by atoms with E-state index >= 15 is 0 Å². The quantitative estimate of drug-likeness (QED) is 0.563. The van der Waals surface area contributed by atoms with Crippen LogP contribution in [0.15, 0.2) is 36.4 Å². The predicted octanol–water partition coefficient (Wildman–Crippen LogP) is 6.10. The molecule has 0 saturated heterocycles. The zero-order valence-electron chi connectivity index (χ0n) is 11.2. The molecule has 0 fully saturated rings. The van der Waals surface area contributed by atoms with Crippen molar-refractivity contribution in [3.63, 3.8) is 0 Å². The first kappa shape index (κ1) is 16.9. The van der Waals surface area contributed by atoms with Crippen molar-refractivity contribution in [3.8, 4) is 0 Å². The standard InChI is InChI=1S/C16H14Cl4O/c17-13-3-1-4-14(18)11(13)7-9-21-10-8-12-15(19)5-2-6-16(12)20/h1-6H,7-10H2. The zero-order chi connectivity index (χ0) is 15.2. The van der Waals surface area contributed by atoms with E-state index in [-0.39, 0.29) is 0 Å². The summed E-state index contributed by atoms with van der Waals surface area (Å²) in [5.41, 5.74) is 1.83. The predicted molar refractivity (Wildman–Crippen MR) is 91.2 cm³/mol. The van der Waals surface area contributed by atoms with E-state index in [0.717, 1.165) is 11.1 Å². The Morgan fingerprint density at radius 3 is 1.29 bits per heavy atom. The van der Waals surface area contributed by atoms with Gasteiger partial charge in [-0.3, -0.25) is 0 Å². The average molecular weight is 364 g/mol. The maximum atomic E-state index is 6.10. The molecule has 0 heterocycles. The second-order valence-electron chi connectivity index (χ2n) is 4.51. The van der Waals surface area contributed by atoms with Gasteiger partial charge in [-0.15, -0.1) is 0 Å². The van der Waals surface area contributed by atoms with Crippen LogP contribution in [0, 0.1) is 0 Å². The third-order valence-electron chi connectivity index (χ3n) is 3.12. The van der Waals surface area contributed by atoms with E-state index < -0.39 is 0 Å². The molecule has 0 atom stereocenters. The lowest BCUT2D eigenvalue weighted by Crippen LogP contribution is -2.04. The molecule has 2 aromatic rings. The second kappa shape index (κ2) is 8.26. The van der Waals surface area contributed by atoms with Crippen LogP contribution in [0.25, 0.3) is 0 Å². The molecule has 0 N–H and O–H groups in total. The van der Waals surface area contributed by atoms with Gasteiger partial charge in [0.1, 0.15) is 0 Å². The molecule has 0 amide bonds. The van der Waals surface area contributed by atoms with Crippen molar-refractivity contribution in [2.75, 3.05) is 13.2 Å². The van der Waals surface area contributed by atoms with Crippen LogP contribution in [-0.4, -0.2) is 13.2 Å². The molecule has 1 nitrogen and oxygen atoms in total. The summed E-state index contributed by atoms with van der Waals surface area (Å²) in [6.45, 7) is 1.09. The van der Waals surface area contributed by atoms with Crippen LogP contribution >= 0.6 is 46.4 Å². The van der Waals surface area contributed by atoms with Crippen molar-refractivity contribution in [1.29, 1.82) is 0 Å². The summed E-state index contributed by atoms with van der Waals surface area (Å²) in [4.78, 5) is 0. The fourth-order valence-electron chi connectivity index (χ4n) is 1.99. The molecule has 21 heavy (non-hydrogen) atoms. The summed E-state index contributed by atoms with van der Waals surface area (Å²) in [5.74, 6) is 0. The Morgan fingerprint density at radius 1 is 0.619 bits per heavy atom. The molecule has 0 spiro atoms. The third-order valence-corrected chi connectivity index (χ3v) is 4.53. The van der Waals surface area contributed by atoms with E-state index in [1.54, 1.807) is 0 Å². The fourth-order valence-corrected chi connectivity index (χ4v) is 3.17. The minimum Gasteiger partial charge on any atom is -0.381 e. The highest BCUT2D eigenvalue weighted by Gasteiger charge is 2.07. The van der Waals surface area contributed by atoms with E-state index in [0.29, 0.717) is 46.1 Å². The Balaban J connectivity index is 1.81. The lowest BCUT2D eigenvalue weighted by molar-refractivity contribution is 0.140. The molecule has 112 valence electrons. The minimum atomic E-state index is 0.547. The summed E-state index contributed by atoms with van der Waals surface area (Å²) in [6.07, 6.45) is 1.35. The number of hydrogen-bond acceptors (Lipinski definition) is 1. The van der Waals surface area contributed by atoms with Crippen LogP contribution in [-0.2, 0) is 17.6 Å². The summed E-state index contributed by atoms with van der Waals surface area (Å²) < 4.78 is 5.63. The lowest BCUT2D eigenvalue weighted by Gasteiger charge is -2.09. The van der Waals surface area contributed by atoms with Crippen LogP contribution in [0.1, 0.15) is 11.1 Å². The van der Waals surface area contributed by atoms with Crippen molar-refractivity contribution in [3.05, 3.63) is 67.6 Å². The minimum absolute atomic E-state index is 0.547. The summed E-state index contributed by atoms with van der Waals surface area (Å²) in [5, 5.41) is 2.67. The van der Waals surface area contributed by atoms with E-state index in [4.69, 9.17) is 51.1 Å². The molecule has 5 heteroatoms. The smallest absolute Gasteiger partial charge is 0.0507 e. The molecular weight excluding hydrogens is 350 g/mol. The van der Waals surface area contributed by atoms with Crippen molar-refractivity contribution in [2.45, 2.75) is 12.8 Å². The molecule has 2 rings (SSSR count). The average Bonchev–Trinajstić information content (AvgIpc) is 2.44. The lowest BCUT2D eigenvalue weighted by atomic mass is 10.1. The van der Waals surface area contributed by atoms with Gasteiger partial charge >= 0.3 is 0 Å². The number of rotatable bonds is 6. The van der Waals surface area contributed by atoms with Gasteiger partial charge in [-0.1, -0.05) is 58.5 Å². The Morgan fingerprint density at radius 2 is 0.952 bits per heavy atom. The highest BCUT2D eigenvalue weighted by Crippen LogP contribution is 2.26. The van der Waals surface area contributed by atoms with E-state index in [2.05, 4.69) is 0 Å². The summed E-state index contributed by atoms with van der Waals surface area (Å²) in [7, 11) is 0. The Kier molecular flexibility index (Phi) is 6.66. The van der Waals surface area contributed by atoms with Gasteiger partial charge in [0.25, 0.3) is 0 Å². The van der Waals surface area contributed by atoms with Crippen molar-refractivity contribution >= 4 is 46.4 Å². The van der Waals surface area contributed by atoms with E-state index in [1.165, 1.54) is 0 Å². The summed E-state index contributed by atoms with van der Waals surface area (Å²) in [6, 6.07) is 11.0. The second-order valence-corrected chi connectivity index (χ2v) is 6.14. The van der Waals surface area contributed by atoms with Gasteiger partial charge < -0.3 is 4.74 Å². The first-order valence-corrected chi connectivity index (χ1v) is 8.04. The van der Waals surface area contributed by atoms with Crippen LogP contribution < -0.4 is 0 Å². The Labute approximate surface area is 144 Å². The number of halogens is 4. The maximum absolute atomic E-state index is 6.10. The third kappa shape index (κ3) is 4.77. The molecule has 0 aliphatic heterocycles. The van der Waals surface area contributed by atoms with Gasteiger partial charge in [0, 0.05) is 20.1 Å². The van der Waals surface area contributed by atoms with Crippen LogP contribution in [0.4, 0.5) is 0 Å². The molecule has 0 aliphatic carbocycles. The summed E-state index contributed by atoms with van der Waals surface area (Å²) >= 11 is 24.4. The highest BCUT2D eigenvalue weighted by atomic mass is 35.5. The van der Waals surface area contributed by atoms with Crippen molar-refractivity contribution in [2.24, 2.45) is 0 Å². The van der Waals surface area contributed by atoms with Gasteiger partial charge in [0.05, 0.1) is 13.2 Å². The monoisotopic (exact) mass is 362 g/mol. The van der Waals surface area contributed by atoms with Crippen molar-refractivity contribution in [1.82, 2.24) is 0 Å². The van der Waals surface area contributed by atoms with Gasteiger partial charge in [-0.05, 0) is 48.2 Å². The Bertz CT molecular complexity index is 519. The normalized spacial score (nSPS) is 10.9. The molecule has 0 saturated carbocycles. The number of ether oxygens (including phenoxy) is 1. The molecule has 0 bridgehead atoms. The zero-order valence-corrected chi connectivity index (χ0v) is 14.2. The topological polar surface area (TPSA) is 9.23 Å². The molecule has 2 aromatic carbocycles. The Hall–Kier alpha value is -0.440. The van der Waals surface area contributed by atoms with E-state index in [9.17, 15) is 0 Å². The molecule has 0 aliphatic rings.